The van der Waals surface area contributed by atoms with E-state index in [-0.39, 0.29) is 0 Å². The first-order valence-corrected chi connectivity index (χ1v) is 9.76. The molecule has 0 unspecified atom stereocenters. The fourth-order valence-corrected chi connectivity index (χ4v) is 3.56. The van der Waals surface area contributed by atoms with Gasteiger partial charge in [0.2, 0.25) is 5.95 Å². The summed E-state index contributed by atoms with van der Waals surface area (Å²) in [7, 11) is 1.87. The summed E-state index contributed by atoms with van der Waals surface area (Å²) in [6, 6.07) is 8.47. The molecule has 1 aliphatic rings. The number of likely N-dealkylation sites (tertiary alicyclic amines) is 1. The van der Waals surface area contributed by atoms with Gasteiger partial charge in [0.25, 0.3) is 0 Å². The standard InChI is InChI=1S/C21H31N5/c1-16-9-10-19(24-21-23-17(2)14-20(22-3)25-21)15-18(16)8-4-5-11-26-12-6-7-13-26/h9-10,14-15H,4-8,11-13H2,1-3H3,(H2,22,23,24,25). The van der Waals surface area contributed by atoms with Crippen LogP contribution in [0.5, 0.6) is 0 Å². The minimum absolute atomic E-state index is 0.637. The average molecular weight is 354 g/mol. The Balaban J connectivity index is 1.59. The number of rotatable bonds is 8. The van der Waals surface area contributed by atoms with Gasteiger partial charge in [-0.05, 0) is 88.8 Å². The number of unbranched alkanes of at least 4 members (excludes halogenated alkanes) is 1. The second-order valence-electron chi connectivity index (χ2n) is 7.24. The largest absolute Gasteiger partial charge is 0.373 e. The lowest BCUT2D eigenvalue weighted by molar-refractivity contribution is 0.330. The highest BCUT2D eigenvalue weighted by Crippen LogP contribution is 2.21. The van der Waals surface area contributed by atoms with E-state index >= 15 is 0 Å². The zero-order valence-electron chi connectivity index (χ0n) is 16.3. The van der Waals surface area contributed by atoms with Crippen LogP contribution < -0.4 is 10.6 Å². The van der Waals surface area contributed by atoms with Crippen molar-refractivity contribution in [1.29, 1.82) is 0 Å². The van der Waals surface area contributed by atoms with E-state index in [1.807, 2.05) is 20.0 Å². The van der Waals surface area contributed by atoms with Gasteiger partial charge in [-0.2, -0.15) is 4.98 Å². The van der Waals surface area contributed by atoms with Crippen LogP contribution in [0.15, 0.2) is 24.3 Å². The molecular formula is C21H31N5. The molecule has 1 aliphatic heterocycles. The number of aryl methyl sites for hydroxylation is 3. The molecule has 5 nitrogen and oxygen atoms in total. The Morgan fingerprint density at radius 2 is 1.85 bits per heavy atom. The lowest BCUT2D eigenvalue weighted by atomic mass is 10.0. The molecule has 2 heterocycles. The molecule has 1 aromatic heterocycles. The molecular weight excluding hydrogens is 322 g/mol. The van der Waals surface area contributed by atoms with Crippen LogP contribution in [-0.2, 0) is 6.42 Å². The van der Waals surface area contributed by atoms with Crippen molar-refractivity contribution in [3.63, 3.8) is 0 Å². The van der Waals surface area contributed by atoms with Crippen LogP contribution in [0.1, 0.15) is 42.5 Å². The third-order valence-electron chi connectivity index (χ3n) is 5.08. The number of hydrogen-bond acceptors (Lipinski definition) is 5. The Labute approximate surface area is 157 Å². The van der Waals surface area contributed by atoms with Gasteiger partial charge in [0.1, 0.15) is 5.82 Å². The smallest absolute Gasteiger partial charge is 0.229 e. The van der Waals surface area contributed by atoms with Crippen LogP contribution in [0.25, 0.3) is 0 Å². The van der Waals surface area contributed by atoms with Gasteiger partial charge in [0.15, 0.2) is 0 Å². The SMILES string of the molecule is CNc1cc(C)nc(Nc2ccc(C)c(CCCCN3CCCC3)c2)n1. The molecule has 1 saturated heterocycles. The molecule has 0 spiro atoms. The van der Waals surface area contributed by atoms with Crippen molar-refractivity contribution >= 4 is 17.5 Å². The Hall–Kier alpha value is -2.14. The van der Waals surface area contributed by atoms with Gasteiger partial charge in [-0.1, -0.05) is 6.07 Å². The van der Waals surface area contributed by atoms with Crippen LogP contribution in [0.3, 0.4) is 0 Å². The molecule has 0 atom stereocenters. The van der Waals surface area contributed by atoms with Crippen LogP contribution in [-0.4, -0.2) is 41.5 Å². The number of nitrogens with one attached hydrogen (secondary N) is 2. The number of aromatic nitrogens is 2. The summed E-state index contributed by atoms with van der Waals surface area (Å²) < 4.78 is 0. The maximum Gasteiger partial charge on any atom is 0.229 e. The highest BCUT2D eigenvalue weighted by molar-refractivity contribution is 5.57. The van der Waals surface area contributed by atoms with Crippen LogP contribution >= 0.6 is 0 Å². The van der Waals surface area contributed by atoms with Gasteiger partial charge < -0.3 is 15.5 Å². The van der Waals surface area contributed by atoms with E-state index in [4.69, 9.17) is 0 Å². The normalized spacial score (nSPS) is 14.6. The van der Waals surface area contributed by atoms with Crippen molar-refractivity contribution < 1.29 is 0 Å². The first-order chi connectivity index (χ1) is 12.6. The number of nitrogens with zero attached hydrogens (tertiary/aromatic N) is 3. The van der Waals surface area contributed by atoms with E-state index in [2.05, 4.69) is 50.6 Å². The second kappa shape index (κ2) is 8.99. The quantitative estimate of drug-likeness (QED) is 0.693. The summed E-state index contributed by atoms with van der Waals surface area (Å²) in [4.78, 5) is 11.6. The fourth-order valence-electron chi connectivity index (χ4n) is 3.56. The highest BCUT2D eigenvalue weighted by Gasteiger charge is 2.10. The number of anilines is 3. The van der Waals surface area contributed by atoms with Gasteiger partial charge in [-0.3, -0.25) is 0 Å². The van der Waals surface area contributed by atoms with Gasteiger partial charge >= 0.3 is 0 Å². The lowest BCUT2D eigenvalue weighted by Gasteiger charge is -2.15. The Morgan fingerprint density at radius 1 is 1.04 bits per heavy atom. The van der Waals surface area contributed by atoms with Gasteiger partial charge in [-0.25, -0.2) is 4.98 Å². The Kier molecular flexibility index (Phi) is 6.45. The molecule has 0 aliphatic carbocycles. The van der Waals surface area contributed by atoms with E-state index in [1.165, 1.54) is 56.4 Å². The lowest BCUT2D eigenvalue weighted by Crippen LogP contribution is -2.20. The first-order valence-electron chi connectivity index (χ1n) is 9.76. The van der Waals surface area contributed by atoms with E-state index in [9.17, 15) is 0 Å². The average Bonchev–Trinajstić information content (AvgIpc) is 3.14. The van der Waals surface area contributed by atoms with Crippen LogP contribution in [0, 0.1) is 13.8 Å². The predicted octanol–water partition coefficient (Wildman–Crippen LogP) is 4.30. The van der Waals surface area contributed by atoms with Crippen molar-refractivity contribution in [2.24, 2.45) is 0 Å². The number of benzene rings is 1. The van der Waals surface area contributed by atoms with Gasteiger partial charge in [0, 0.05) is 24.5 Å². The summed E-state index contributed by atoms with van der Waals surface area (Å²) in [6.07, 6.45) is 6.41. The zero-order valence-corrected chi connectivity index (χ0v) is 16.3. The minimum Gasteiger partial charge on any atom is -0.373 e. The van der Waals surface area contributed by atoms with E-state index in [1.54, 1.807) is 0 Å². The maximum atomic E-state index is 4.48. The highest BCUT2D eigenvalue weighted by atomic mass is 15.1. The van der Waals surface area contributed by atoms with Crippen molar-refractivity contribution in [2.45, 2.75) is 46.0 Å². The summed E-state index contributed by atoms with van der Waals surface area (Å²) in [5.41, 5.74) is 4.77. The molecule has 3 rings (SSSR count). The Morgan fingerprint density at radius 3 is 2.62 bits per heavy atom. The molecule has 5 heteroatoms. The van der Waals surface area contributed by atoms with Crippen molar-refractivity contribution in [2.75, 3.05) is 37.3 Å². The minimum atomic E-state index is 0.637. The molecule has 0 amide bonds. The summed E-state index contributed by atoms with van der Waals surface area (Å²) in [5.74, 6) is 1.47. The Bertz CT molecular complexity index is 722. The predicted molar refractivity (Wildman–Crippen MR) is 109 cm³/mol. The van der Waals surface area contributed by atoms with Crippen molar-refractivity contribution in [3.05, 3.63) is 41.1 Å². The summed E-state index contributed by atoms with van der Waals surface area (Å²) in [6.45, 7) is 8.02. The first kappa shape index (κ1) is 18.6. The zero-order chi connectivity index (χ0) is 18.4. The topological polar surface area (TPSA) is 53.1 Å². The monoisotopic (exact) mass is 353 g/mol. The van der Waals surface area contributed by atoms with E-state index < -0.39 is 0 Å². The van der Waals surface area contributed by atoms with Gasteiger partial charge in [-0.15, -0.1) is 0 Å². The molecule has 0 bridgehead atoms. The molecule has 1 fully saturated rings. The van der Waals surface area contributed by atoms with E-state index in [0.29, 0.717) is 5.95 Å². The molecule has 0 saturated carbocycles. The van der Waals surface area contributed by atoms with E-state index in [0.717, 1.165) is 23.6 Å². The molecule has 2 N–H and O–H groups in total. The fraction of sp³-hybridized carbons (Fsp3) is 0.524. The maximum absolute atomic E-state index is 4.48. The van der Waals surface area contributed by atoms with Crippen molar-refractivity contribution in [1.82, 2.24) is 14.9 Å². The summed E-state index contributed by atoms with van der Waals surface area (Å²) in [5, 5.41) is 6.43. The molecule has 1 aromatic carbocycles. The molecule has 2 aromatic rings. The molecule has 140 valence electrons. The summed E-state index contributed by atoms with van der Waals surface area (Å²) >= 11 is 0. The van der Waals surface area contributed by atoms with Crippen molar-refractivity contribution in [3.8, 4) is 0 Å². The molecule has 0 radical (unpaired) electrons. The third kappa shape index (κ3) is 5.18. The van der Waals surface area contributed by atoms with Gasteiger partial charge in [0.05, 0.1) is 0 Å². The second-order valence-corrected chi connectivity index (χ2v) is 7.24. The third-order valence-corrected chi connectivity index (χ3v) is 5.08. The molecule has 26 heavy (non-hydrogen) atoms. The number of hydrogen-bond donors (Lipinski definition) is 2. The van der Waals surface area contributed by atoms with Crippen LogP contribution in [0.2, 0.25) is 0 Å². The van der Waals surface area contributed by atoms with Crippen LogP contribution in [0.4, 0.5) is 17.5 Å².